The van der Waals surface area contributed by atoms with Gasteiger partial charge in [-0.2, -0.15) is 0 Å². The molecule has 1 atom stereocenters. The zero-order valence-corrected chi connectivity index (χ0v) is 16.4. The Balaban J connectivity index is 1.67. The number of thioether (sulfide) groups is 1. The number of benzene rings is 1. The van der Waals surface area contributed by atoms with Gasteiger partial charge in [-0.15, -0.1) is 16.8 Å². The molecule has 2 aromatic rings. The Morgan fingerprint density at radius 2 is 2.14 bits per heavy atom. The molecule has 0 radical (unpaired) electrons. The molecule has 0 aliphatic carbocycles. The van der Waals surface area contributed by atoms with Crippen LogP contribution < -0.4 is 5.32 Å². The summed E-state index contributed by atoms with van der Waals surface area (Å²) in [4.78, 5) is 12.1. The fraction of sp³-hybridized carbons (Fsp3) is 0.353. The second-order valence-corrected chi connectivity index (χ2v) is 9.48. The van der Waals surface area contributed by atoms with Crippen LogP contribution in [-0.4, -0.2) is 46.3 Å². The predicted octanol–water partition coefficient (Wildman–Crippen LogP) is 2.38. The van der Waals surface area contributed by atoms with Crippen LogP contribution in [0.2, 0.25) is 0 Å². The fourth-order valence-corrected chi connectivity index (χ4v) is 5.40. The molecule has 1 aromatic carbocycles. The number of halogens is 2. The first-order chi connectivity index (χ1) is 13.3. The quantitative estimate of drug-likeness (QED) is 0.538. The van der Waals surface area contributed by atoms with Gasteiger partial charge < -0.3 is 9.88 Å². The van der Waals surface area contributed by atoms with E-state index in [1.165, 1.54) is 6.07 Å². The minimum atomic E-state index is -3.07. The summed E-state index contributed by atoms with van der Waals surface area (Å²) in [6.07, 6.45) is 2.13. The number of amides is 1. The van der Waals surface area contributed by atoms with Gasteiger partial charge in [0.2, 0.25) is 5.91 Å². The number of allylic oxidation sites excluding steroid dienone is 1. The van der Waals surface area contributed by atoms with Crippen molar-refractivity contribution in [3.63, 3.8) is 0 Å². The average molecular weight is 428 g/mol. The molecule has 1 unspecified atom stereocenters. The third-order valence-electron chi connectivity index (χ3n) is 4.19. The number of carbonyl (C=O) groups excluding carboxylic acids is 1. The molecule has 1 aliphatic heterocycles. The number of sulfone groups is 1. The molecule has 0 spiro atoms. The molecule has 1 fully saturated rings. The largest absolute Gasteiger partial charge is 0.325 e. The molecule has 0 saturated carbocycles. The molecule has 3 rings (SSSR count). The van der Waals surface area contributed by atoms with Crippen LogP contribution in [0.4, 0.5) is 14.5 Å². The van der Waals surface area contributed by atoms with Crippen LogP contribution in [0.3, 0.4) is 0 Å². The number of anilines is 1. The third kappa shape index (κ3) is 4.76. The molecule has 1 saturated heterocycles. The molecule has 0 bridgehead atoms. The summed E-state index contributed by atoms with van der Waals surface area (Å²) in [5.41, 5.74) is 0.147. The van der Waals surface area contributed by atoms with Gasteiger partial charge in [0.05, 0.1) is 17.3 Å². The third-order valence-corrected chi connectivity index (χ3v) is 6.93. The van der Waals surface area contributed by atoms with E-state index in [9.17, 15) is 22.0 Å². The van der Waals surface area contributed by atoms with E-state index in [1.807, 2.05) is 0 Å². The SMILES string of the molecule is C=CCn1c(SCC(=O)Nc2ccc(F)c(F)c2)nnc1C1CCS(=O)(=O)C1. The summed E-state index contributed by atoms with van der Waals surface area (Å²) in [7, 11) is -3.07. The van der Waals surface area contributed by atoms with Gasteiger partial charge >= 0.3 is 0 Å². The smallest absolute Gasteiger partial charge is 0.234 e. The summed E-state index contributed by atoms with van der Waals surface area (Å²) in [5.74, 6) is -2.02. The number of aromatic nitrogens is 3. The van der Waals surface area contributed by atoms with Crippen LogP contribution in [0, 0.1) is 11.6 Å². The van der Waals surface area contributed by atoms with E-state index in [-0.39, 0.29) is 28.9 Å². The van der Waals surface area contributed by atoms with Gasteiger partial charge in [0.25, 0.3) is 0 Å². The highest BCUT2D eigenvalue weighted by atomic mass is 32.2. The number of nitrogens with zero attached hydrogens (tertiary/aromatic N) is 3. The molecule has 1 aliphatic rings. The molecule has 1 aromatic heterocycles. The van der Waals surface area contributed by atoms with Crippen molar-refractivity contribution in [1.82, 2.24) is 14.8 Å². The van der Waals surface area contributed by atoms with Crippen LogP contribution in [0.25, 0.3) is 0 Å². The summed E-state index contributed by atoms with van der Waals surface area (Å²) in [6, 6.07) is 3.09. The van der Waals surface area contributed by atoms with E-state index in [0.29, 0.717) is 23.9 Å². The van der Waals surface area contributed by atoms with Crippen molar-refractivity contribution >= 4 is 33.2 Å². The van der Waals surface area contributed by atoms with Gasteiger partial charge in [-0.1, -0.05) is 17.8 Å². The first-order valence-electron chi connectivity index (χ1n) is 8.41. The molecular formula is C17H18F2N4O3S2. The second kappa shape index (κ2) is 8.39. The highest BCUT2D eigenvalue weighted by molar-refractivity contribution is 7.99. The minimum absolute atomic E-state index is 0.0305. The average Bonchev–Trinajstić information content (AvgIpc) is 3.19. The first kappa shape index (κ1) is 20.5. The Morgan fingerprint density at radius 3 is 2.79 bits per heavy atom. The van der Waals surface area contributed by atoms with E-state index in [4.69, 9.17) is 0 Å². The van der Waals surface area contributed by atoms with Crippen LogP contribution in [0.5, 0.6) is 0 Å². The van der Waals surface area contributed by atoms with Crippen molar-refractivity contribution in [2.75, 3.05) is 22.6 Å². The topological polar surface area (TPSA) is 93.9 Å². The van der Waals surface area contributed by atoms with E-state index in [0.717, 1.165) is 23.9 Å². The predicted molar refractivity (Wildman–Crippen MR) is 102 cm³/mol. The van der Waals surface area contributed by atoms with Gasteiger partial charge in [-0.05, 0) is 18.6 Å². The summed E-state index contributed by atoms with van der Waals surface area (Å²) >= 11 is 1.11. The van der Waals surface area contributed by atoms with E-state index in [2.05, 4.69) is 22.1 Å². The molecule has 1 N–H and O–H groups in total. The van der Waals surface area contributed by atoms with Crippen LogP contribution in [0.1, 0.15) is 18.2 Å². The van der Waals surface area contributed by atoms with Gasteiger partial charge in [0.1, 0.15) is 5.82 Å². The van der Waals surface area contributed by atoms with Gasteiger partial charge in [0, 0.05) is 24.2 Å². The standard InChI is InChI=1S/C17H18F2N4O3S2/c1-2-6-23-16(11-5-7-28(25,26)10-11)21-22-17(23)27-9-15(24)20-12-3-4-13(18)14(19)8-12/h2-4,8,11H,1,5-7,9-10H2,(H,20,24). The summed E-state index contributed by atoms with van der Waals surface area (Å²) in [5, 5.41) is 11.1. The maximum Gasteiger partial charge on any atom is 0.234 e. The lowest BCUT2D eigenvalue weighted by molar-refractivity contribution is -0.113. The first-order valence-corrected chi connectivity index (χ1v) is 11.2. The normalized spacial score (nSPS) is 18.1. The molecule has 7 nitrogen and oxygen atoms in total. The maximum absolute atomic E-state index is 13.2. The summed E-state index contributed by atoms with van der Waals surface area (Å²) in [6.45, 7) is 4.07. The van der Waals surface area contributed by atoms with Crippen molar-refractivity contribution in [3.05, 3.63) is 48.3 Å². The van der Waals surface area contributed by atoms with Gasteiger partial charge in [-0.25, -0.2) is 17.2 Å². The van der Waals surface area contributed by atoms with Gasteiger partial charge in [-0.3, -0.25) is 4.79 Å². The molecule has 2 heterocycles. The monoisotopic (exact) mass is 428 g/mol. The van der Waals surface area contributed by atoms with E-state index < -0.39 is 27.4 Å². The molecular weight excluding hydrogens is 410 g/mol. The Morgan fingerprint density at radius 1 is 1.36 bits per heavy atom. The molecule has 1 amide bonds. The number of nitrogens with one attached hydrogen (secondary N) is 1. The highest BCUT2D eigenvalue weighted by Gasteiger charge is 2.33. The Bertz CT molecular complexity index is 1010. The lowest BCUT2D eigenvalue weighted by Gasteiger charge is -2.11. The number of hydrogen-bond donors (Lipinski definition) is 1. The number of carbonyl (C=O) groups is 1. The van der Waals surface area contributed by atoms with Crippen LogP contribution in [-0.2, 0) is 21.2 Å². The van der Waals surface area contributed by atoms with E-state index in [1.54, 1.807) is 10.6 Å². The van der Waals surface area contributed by atoms with E-state index >= 15 is 0 Å². The Hall–Kier alpha value is -2.27. The van der Waals surface area contributed by atoms with Crippen molar-refractivity contribution in [2.45, 2.75) is 24.0 Å². The lowest BCUT2D eigenvalue weighted by atomic mass is 10.1. The lowest BCUT2D eigenvalue weighted by Crippen LogP contribution is -2.15. The van der Waals surface area contributed by atoms with Crippen molar-refractivity contribution in [2.24, 2.45) is 0 Å². The van der Waals surface area contributed by atoms with Crippen molar-refractivity contribution < 1.29 is 22.0 Å². The zero-order valence-electron chi connectivity index (χ0n) is 14.8. The summed E-state index contributed by atoms with van der Waals surface area (Å²) < 4.78 is 51.4. The fourth-order valence-electron chi connectivity index (χ4n) is 2.91. The van der Waals surface area contributed by atoms with Crippen molar-refractivity contribution in [1.29, 1.82) is 0 Å². The van der Waals surface area contributed by atoms with Crippen molar-refractivity contribution in [3.8, 4) is 0 Å². The van der Waals surface area contributed by atoms with Crippen LogP contribution >= 0.6 is 11.8 Å². The number of rotatable bonds is 7. The Kier molecular flexibility index (Phi) is 6.14. The molecule has 11 heteroatoms. The maximum atomic E-state index is 13.2. The highest BCUT2D eigenvalue weighted by Crippen LogP contribution is 2.30. The molecule has 150 valence electrons. The zero-order chi connectivity index (χ0) is 20.3. The molecule has 28 heavy (non-hydrogen) atoms. The van der Waals surface area contributed by atoms with Gasteiger partial charge in [0.15, 0.2) is 26.6 Å². The Labute approximate surface area is 165 Å². The second-order valence-electron chi connectivity index (χ2n) is 6.31. The minimum Gasteiger partial charge on any atom is -0.325 e. The number of hydrogen-bond acceptors (Lipinski definition) is 6. The van der Waals surface area contributed by atoms with Crippen LogP contribution in [0.15, 0.2) is 36.0 Å².